The van der Waals surface area contributed by atoms with Gasteiger partial charge in [0.2, 0.25) is 0 Å². The van der Waals surface area contributed by atoms with Crippen molar-refractivity contribution in [3.8, 4) is 0 Å². The summed E-state index contributed by atoms with van der Waals surface area (Å²) in [7, 11) is 0. The smallest absolute Gasteiger partial charge is 0.00578 e. The van der Waals surface area contributed by atoms with E-state index in [1.165, 1.54) is 88.2 Å². The molecule has 0 heteroatoms. The molecule has 0 aliphatic heterocycles. The normalized spacial score (nSPS) is 13.3. The number of rotatable bonds is 11. The maximum Gasteiger partial charge on any atom is -0.00578 e. The van der Waals surface area contributed by atoms with Gasteiger partial charge >= 0.3 is 0 Å². The Morgan fingerprint density at radius 1 is 0.762 bits per heavy atom. The fourth-order valence-corrected chi connectivity index (χ4v) is 3.35. The van der Waals surface area contributed by atoms with Crippen LogP contribution in [-0.2, 0) is 6.42 Å². The minimum Gasteiger partial charge on any atom is -0.0654 e. The predicted molar refractivity (Wildman–Crippen MR) is 94.6 cm³/mol. The maximum absolute atomic E-state index is 2.42. The van der Waals surface area contributed by atoms with Crippen molar-refractivity contribution < 1.29 is 0 Å². The summed E-state index contributed by atoms with van der Waals surface area (Å²) in [6, 6.07) is 8.84. The standard InChI is InChI=1S/C21H32/c1-2-3-4-5-6-7-8-9-10-11-14-19-17-20-15-12-13-16-21(20)18-19/h12-13,15-17H,2-11,14,18H2,1H3. The van der Waals surface area contributed by atoms with Gasteiger partial charge in [0.25, 0.3) is 0 Å². The zero-order chi connectivity index (χ0) is 14.8. The van der Waals surface area contributed by atoms with Gasteiger partial charge in [0.15, 0.2) is 0 Å². The summed E-state index contributed by atoms with van der Waals surface area (Å²) in [5.74, 6) is 0. The lowest BCUT2D eigenvalue weighted by molar-refractivity contribution is 0.555. The van der Waals surface area contributed by atoms with Gasteiger partial charge in [-0.2, -0.15) is 0 Å². The second-order valence-corrected chi connectivity index (χ2v) is 6.61. The Morgan fingerprint density at radius 2 is 1.38 bits per heavy atom. The highest BCUT2D eigenvalue weighted by atomic mass is 14.2. The molecule has 0 saturated carbocycles. The molecule has 0 saturated heterocycles. The second-order valence-electron chi connectivity index (χ2n) is 6.61. The van der Waals surface area contributed by atoms with Gasteiger partial charge in [-0.05, 0) is 30.4 Å². The molecule has 0 aromatic heterocycles. The van der Waals surface area contributed by atoms with Crippen LogP contribution in [0.4, 0.5) is 0 Å². The molecule has 1 aliphatic carbocycles. The lowest BCUT2D eigenvalue weighted by Gasteiger charge is -2.03. The van der Waals surface area contributed by atoms with E-state index in [4.69, 9.17) is 0 Å². The van der Waals surface area contributed by atoms with Crippen LogP contribution < -0.4 is 0 Å². The summed E-state index contributed by atoms with van der Waals surface area (Å²) in [5, 5.41) is 0. The van der Waals surface area contributed by atoms with Gasteiger partial charge in [0.1, 0.15) is 0 Å². The Bertz CT molecular complexity index is 427. The van der Waals surface area contributed by atoms with Crippen molar-refractivity contribution in [1.29, 1.82) is 0 Å². The third-order valence-corrected chi connectivity index (χ3v) is 4.68. The average Bonchev–Trinajstić information content (AvgIpc) is 2.92. The summed E-state index contributed by atoms with van der Waals surface area (Å²) in [5.41, 5.74) is 4.63. The number of benzene rings is 1. The summed E-state index contributed by atoms with van der Waals surface area (Å²) >= 11 is 0. The Kier molecular flexibility index (Phi) is 7.63. The molecule has 2 rings (SSSR count). The SMILES string of the molecule is CCCCCCCCCCCCC1=Cc2ccccc2C1. The van der Waals surface area contributed by atoms with E-state index in [-0.39, 0.29) is 0 Å². The molecule has 0 nitrogen and oxygen atoms in total. The van der Waals surface area contributed by atoms with E-state index < -0.39 is 0 Å². The predicted octanol–water partition coefficient (Wildman–Crippen LogP) is 6.94. The molecule has 0 fully saturated rings. The van der Waals surface area contributed by atoms with Crippen molar-refractivity contribution >= 4 is 6.08 Å². The van der Waals surface area contributed by atoms with Gasteiger partial charge in [-0.3, -0.25) is 0 Å². The number of hydrogen-bond acceptors (Lipinski definition) is 0. The summed E-state index contributed by atoms with van der Waals surface area (Å²) in [4.78, 5) is 0. The van der Waals surface area contributed by atoms with Crippen LogP contribution in [0.25, 0.3) is 6.08 Å². The van der Waals surface area contributed by atoms with Gasteiger partial charge in [0.05, 0.1) is 0 Å². The van der Waals surface area contributed by atoms with Gasteiger partial charge < -0.3 is 0 Å². The van der Waals surface area contributed by atoms with E-state index in [9.17, 15) is 0 Å². The van der Waals surface area contributed by atoms with Crippen LogP contribution in [0.5, 0.6) is 0 Å². The maximum atomic E-state index is 2.42. The molecule has 0 radical (unpaired) electrons. The van der Waals surface area contributed by atoms with E-state index in [1.54, 1.807) is 5.57 Å². The highest BCUT2D eigenvalue weighted by Gasteiger charge is 2.10. The van der Waals surface area contributed by atoms with Gasteiger partial charge in [0, 0.05) is 0 Å². The Labute approximate surface area is 131 Å². The monoisotopic (exact) mass is 284 g/mol. The van der Waals surface area contributed by atoms with Crippen LogP contribution in [0.1, 0.15) is 88.7 Å². The molecule has 1 aliphatic rings. The lowest BCUT2D eigenvalue weighted by Crippen LogP contribution is -1.86. The molecule has 0 spiro atoms. The van der Waals surface area contributed by atoms with Crippen LogP contribution >= 0.6 is 0 Å². The van der Waals surface area contributed by atoms with Gasteiger partial charge in [-0.15, -0.1) is 0 Å². The van der Waals surface area contributed by atoms with Crippen LogP contribution in [0.2, 0.25) is 0 Å². The summed E-state index contributed by atoms with van der Waals surface area (Å²) in [6.45, 7) is 2.29. The first-order valence-corrected chi connectivity index (χ1v) is 9.17. The van der Waals surface area contributed by atoms with E-state index >= 15 is 0 Å². The zero-order valence-corrected chi connectivity index (χ0v) is 13.9. The van der Waals surface area contributed by atoms with E-state index in [2.05, 4.69) is 37.3 Å². The average molecular weight is 284 g/mol. The van der Waals surface area contributed by atoms with E-state index in [0.717, 1.165) is 0 Å². The molecule has 1 aromatic rings. The molecule has 0 bridgehead atoms. The fourth-order valence-electron chi connectivity index (χ4n) is 3.35. The third kappa shape index (κ3) is 6.08. The van der Waals surface area contributed by atoms with Crippen molar-refractivity contribution in [2.24, 2.45) is 0 Å². The topological polar surface area (TPSA) is 0 Å². The molecule has 0 unspecified atom stereocenters. The minimum absolute atomic E-state index is 1.20. The van der Waals surface area contributed by atoms with Gasteiger partial charge in [-0.1, -0.05) is 101 Å². The largest absolute Gasteiger partial charge is 0.0654 e. The fraction of sp³-hybridized carbons (Fsp3) is 0.619. The van der Waals surface area contributed by atoms with Crippen LogP contribution in [-0.4, -0.2) is 0 Å². The number of fused-ring (bicyclic) bond motifs is 1. The van der Waals surface area contributed by atoms with Crippen molar-refractivity contribution in [3.05, 3.63) is 41.0 Å². The molecule has 1 aromatic carbocycles. The second kappa shape index (κ2) is 9.82. The molecule has 116 valence electrons. The van der Waals surface area contributed by atoms with Crippen LogP contribution in [0.3, 0.4) is 0 Å². The number of allylic oxidation sites excluding steroid dienone is 1. The van der Waals surface area contributed by atoms with Crippen molar-refractivity contribution in [2.75, 3.05) is 0 Å². The third-order valence-electron chi connectivity index (χ3n) is 4.68. The Morgan fingerprint density at radius 3 is 2.05 bits per heavy atom. The van der Waals surface area contributed by atoms with Crippen molar-refractivity contribution in [2.45, 2.75) is 84.0 Å². The van der Waals surface area contributed by atoms with Gasteiger partial charge in [-0.25, -0.2) is 0 Å². The highest BCUT2D eigenvalue weighted by molar-refractivity contribution is 5.63. The van der Waals surface area contributed by atoms with Crippen LogP contribution in [0.15, 0.2) is 29.8 Å². The first-order chi connectivity index (χ1) is 10.4. The molecule has 0 heterocycles. The Balaban J connectivity index is 1.45. The Hall–Kier alpha value is -1.04. The highest BCUT2D eigenvalue weighted by Crippen LogP contribution is 2.27. The summed E-state index contributed by atoms with van der Waals surface area (Å²) in [6.07, 6.45) is 19.2. The molecule has 0 amide bonds. The lowest BCUT2D eigenvalue weighted by atomic mass is 10.0. The van der Waals surface area contributed by atoms with E-state index in [1.807, 2.05) is 0 Å². The molecule has 0 N–H and O–H groups in total. The molecule has 0 atom stereocenters. The zero-order valence-electron chi connectivity index (χ0n) is 13.9. The first kappa shape index (κ1) is 16.3. The van der Waals surface area contributed by atoms with Crippen molar-refractivity contribution in [1.82, 2.24) is 0 Å². The first-order valence-electron chi connectivity index (χ1n) is 9.17. The van der Waals surface area contributed by atoms with Crippen molar-refractivity contribution in [3.63, 3.8) is 0 Å². The molecular weight excluding hydrogens is 252 g/mol. The molecular formula is C21H32. The summed E-state index contributed by atoms with van der Waals surface area (Å²) < 4.78 is 0. The van der Waals surface area contributed by atoms with E-state index in [0.29, 0.717) is 0 Å². The van der Waals surface area contributed by atoms with Crippen LogP contribution in [0, 0.1) is 0 Å². The number of hydrogen-bond donors (Lipinski definition) is 0. The molecule has 21 heavy (non-hydrogen) atoms. The minimum atomic E-state index is 1.20. The quantitative estimate of drug-likeness (QED) is 0.386. The number of unbranched alkanes of at least 4 members (excludes halogenated alkanes) is 9.